The Bertz CT molecular complexity index is 232. The quantitative estimate of drug-likeness (QED) is 0.744. The van der Waals surface area contributed by atoms with E-state index in [4.69, 9.17) is 4.74 Å². The van der Waals surface area contributed by atoms with Crippen molar-refractivity contribution < 1.29 is 9.84 Å². The fourth-order valence-corrected chi connectivity index (χ4v) is 3.32. The van der Waals surface area contributed by atoms with Crippen LogP contribution < -0.4 is 5.32 Å². The third-order valence-electron chi connectivity index (χ3n) is 4.19. The molecule has 0 radical (unpaired) electrons. The highest BCUT2D eigenvalue weighted by atomic mass is 16.5. The molecular weight excluding hydrogens is 228 g/mol. The Morgan fingerprint density at radius 2 is 2.22 bits per heavy atom. The molecule has 4 nitrogen and oxygen atoms in total. The monoisotopic (exact) mass is 256 g/mol. The molecule has 2 aliphatic heterocycles. The number of β-amino-alcohol motifs (C(OH)–C–C–N with tert-alkyl or cyclic N) is 1. The molecule has 0 aromatic heterocycles. The smallest absolute Gasteiger partial charge is 0.0900 e. The molecule has 106 valence electrons. The van der Waals surface area contributed by atoms with Gasteiger partial charge in [0.2, 0.25) is 0 Å². The molecule has 4 heteroatoms. The van der Waals surface area contributed by atoms with Crippen molar-refractivity contribution in [2.24, 2.45) is 0 Å². The van der Waals surface area contributed by atoms with Crippen LogP contribution in [0.15, 0.2) is 0 Å². The standard InChI is InChI=1S/C14H28N2O2/c1-2-18-11-12(17)10-16-9-4-3-7-14(16)13-6-5-8-15-13/h12-15,17H,2-11H2,1H3. The second-order valence-corrected chi connectivity index (χ2v) is 5.57. The number of aliphatic hydroxyl groups is 1. The van der Waals surface area contributed by atoms with Gasteiger partial charge in [-0.3, -0.25) is 4.90 Å². The van der Waals surface area contributed by atoms with Crippen LogP contribution in [-0.2, 0) is 4.74 Å². The van der Waals surface area contributed by atoms with E-state index in [1.54, 1.807) is 0 Å². The maximum atomic E-state index is 10.0. The minimum absolute atomic E-state index is 0.341. The number of ether oxygens (including phenoxy) is 1. The zero-order valence-corrected chi connectivity index (χ0v) is 11.6. The molecule has 18 heavy (non-hydrogen) atoms. The summed E-state index contributed by atoms with van der Waals surface area (Å²) in [6, 6.07) is 1.27. The van der Waals surface area contributed by atoms with Crippen LogP contribution in [0.2, 0.25) is 0 Å². The number of likely N-dealkylation sites (tertiary alicyclic amines) is 1. The molecule has 3 atom stereocenters. The van der Waals surface area contributed by atoms with Gasteiger partial charge >= 0.3 is 0 Å². The summed E-state index contributed by atoms with van der Waals surface area (Å²) in [5.74, 6) is 0. The van der Waals surface area contributed by atoms with E-state index >= 15 is 0 Å². The highest BCUT2D eigenvalue weighted by molar-refractivity contribution is 4.91. The van der Waals surface area contributed by atoms with Crippen molar-refractivity contribution in [3.63, 3.8) is 0 Å². The van der Waals surface area contributed by atoms with E-state index in [9.17, 15) is 5.11 Å². The molecule has 0 spiro atoms. The molecule has 2 saturated heterocycles. The highest BCUT2D eigenvalue weighted by Crippen LogP contribution is 2.24. The zero-order valence-electron chi connectivity index (χ0n) is 11.6. The Hall–Kier alpha value is -0.160. The van der Waals surface area contributed by atoms with E-state index < -0.39 is 0 Å². The third-order valence-corrected chi connectivity index (χ3v) is 4.19. The summed E-state index contributed by atoms with van der Waals surface area (Å²) in [4.78, 5) is 2.48. The van der Waals surface area contributed by atoms with Gasteiger partial charge in [-0.05, 0) is 45.7 Å². The Morgan fingerprint density at radius 3 is 2.94 bits per heavy atom. The summed E-state index contributed by atoms with van der Waals surface area (Å²) >= 11 is 0. The molecule has 3 unspecified atom stereocenters. The lowest BCUT2D eigenvalue weighted by atomic mass is 9.94. The topological polar surface area (TPSA) is 44.7 Å². The van der Waals surface area contributed by atoms with Crippen LogP contribution in [0.25, 0.3) is 0 Å². The van der Waals surface area contributed by atoms with Crippen molar-refractivity contribution >= 4 is 0 Å². The zero-order chi connectivity index (χ0) is 12.8. The Morgan fingerprint density at radius 1 is 1.33 bits per heavy atom. The van der Waals surface area contributed by atoms with E-state index in [0.717, 1.165) is 19.6 Å². The average Bonchev–Trinajstić information content (AvgIpc) is 2.91. The van der Waals surface area contributed by atoms with Gasteiger partial charge in [0, 0.05) is 25.2 Å². The van der Waals surface area contributed by atoms with Gasteiger partial charge in [-0.1, -0.05) is 6.42 Å². The predicted molar refractivity (Wildman–Crippen MR) is 72.7 cm³/mol. The number of hydrogen-bond donors (Lipinski definition) is 2. The number of nitrogens with one attached hydrogen (secondary N) is 1. The van der Waals surface area contributed by atoms with Crippen molar-refractivity contribution in [3.05, 3.63) is 0 Å². The summed E-state index contributed by atoms with van der Waals surface area (Å²) in [6.45, 7) is 6.19. The lowest BCUT2D eigenvalue weighted by Gasteiger charge is -2.40. The normalized spacial score (nSPS) is 31.7. The summed E-state index contributed by atoms with van der Waals surface area (Å²) in [5.41, 5.74) is 0. The van der Waals surface area contributed by atoms with Gasteiger partial charge in [0.15, 0.2) is 0 Å². The van der Waals surface area contributed by atoms with E-state index in [0.29, 0.717) is 25.3 Å². The van der Waals surface area contributed by atoms with Crippen LogP contribution in [0.4, 0.5) is 0 Å². The first kappa shape index (κ1) is 14.3. The number of aliphatic hydroxyl groups excluding tert-OH is 1. The Balaban J connectivity index is 1.82. The van der Waals surface area contributed by atoms with Crippen molar-refractivity contribution in [1.29, 1.82) is 0 Å². The third kappa shape index (κ3) is 3.92. The van der Waals surface area contributed by atoms with Crippen molar-refractivity contribution in [2.45, 2.75) is 57.2 Å². The van der Waals surface area contributed by atoms with Crippen LogP contribution in [0.1, 0.15) is 39.0 Å². The molecule has 2 N–H and O–H groups in total. The lowest BCUT2D eigenvalue weighted by molar-refractivity contribution is 0.000961. The number of hydrogen-bond acceptors (Lipinski definition) is 4. The van der Waals surface area contributed by atoms with Crippen molar-refractivity contribution in [3.8, 4) is 0 Å². The summed E-state index contributed by atoms with van der Waals surface area (Å²) in [5, 5.41) is 13.6. The molecule has 2 rings (SSSR count). The minimum atomic E-state index is -0.341. The van der Waals surface area contributed by atoms with E-state index in [1.807, 2.05) is 6.92 Å². The van der Waals surface area contributed by atoms with Crippen LogP contribution >= 0.6 is 0 Å². The molecule has 0 aromatic rings. The average molecular weight is 256 g/mol. The van der Waals surface area contributed by atoms with Gasteiger partial charge in [0.25, 0.3) is 0 Å². The summed E-state index contributed by atoms with van der Waals surface area (Å²) in [7, 11) is 0. The Labute approximate surface area is 111 Å². The van der Waals surface area contributed by atoms with Gasteiger partial charge in [-0.25, -0.2) is 0 Å². The van der Waals surface area contributed by atoms with Gasteiger partial charge < -0.3 is 15.2 Å². The van der Waals surface area contributed by atoms with Crippen LogP contribution in [-0.4, -0.2) is 61.0 Å². The van der Waals surface area contributed by atoms with Gasteiger partial charge in [0.05, 0.1) is 12.7 Å². The van der Waals surface area contributed by atoms with Crippen molar-refractivity contribution in [1.82, 2.24) is 10.2 Å². The summed E-state index contributed by atoms with van der Waals surface area (Å²) < 4.78 is 5.31. The second-order valence-electron chi connectivity index (χ2n) is 5.57. The van der Waals surface area contributed by atoms with Crippen LogP contribution in [0, 0.1) is 0 Å². The first-order chi connectivity index (χ1) is 8.81. The molecule has 0 amide bonds. The highest BCUT2D eigenvalue weighted by Gasteiger charge is 2.32. The SMILES string of the molecule is CCOCC(O)CN1CCCCC1C1CCCN1. The molecule has 2 heterocycles. The molecule has 2 fully saturated rings. The van der Waals surface area contributed by atoms with Crippen LogP contribution in [0.3, 0.4) is 0 Å². The second kappa shape index (κ2) is 7.43. The van der Waals surface area contributed by atoms with E-state index in [2.05, 4.69) is 10.2 Å². The maximum Gasteiger partial charge on any atom is 0.0900 e. The predicted octanol–water partition coefficient (Wildman–Crippen LogP) is 0.990. The number of rotatable bonds is 6. The minimum Gasteiger partial charge on any atom is -0.389 e. The first-order valence-electron chi connectivity index (χ1n) is 7.54. The van der Waals surface area contributed by atoms with E-state index in [1.165, 1.54) is 32.1 Å². The molecular formula is C14H28N2O2. The number of nitrogens with zero attached hydrogens (tertiary/aromatic N) is 1. The molecule has 2 aliphatic rings. The molecule has 0 aliphatic carbocycles. The Kier molecular flexibility index (Phi) is 5.89. The molecule has 0 saturated carbocycles. The first-order valence-corrected chi connectivity index (χ1v) is 7.54. The van der Waals surface area contributed by atoms with Gasteiger partial charge in [-0.2, -0.15) is 0 Å². The molecule has 0 aromatic carbocycles. The summed E-state index contributed by atoms with van der Waals surface area (Å²) in [6.07, 6.45) is 6.14. The van der Waals surface area contributed by atoms with Crippen LogP contribution in [0.5, 0.6) is 0 Å². The van der Waals surface area contributed by atoms with E-state index in [-0.39, 0.29) is 6.10 Å². The maximum absolute atomic E-state index is 10.0. The van der Waals surface area contributed by atoms with Gasteiger partial charge in [0.1, 0.15) is 0 Å². The number of piperidine rings is 1. The largest absolute Gasteiger partial charge is 0.389 e. The fourth-order valence-electron chi connectivity index (χ4n) is 3.32. The lowest BCUT2D eigenvalue weighted by Crippen LogP contribution is -2.52. The molecule has 0 bridgehead atoms. The van der Waals surface area contributed by atoms with Gasteiger partial charge in [-0.15, -0.1) is 0 Å². The fraction of sp³-hybridized carbons (Fsp3) is 1.00. The van der Waals surface area contributed by atoms with Crippen molar-refractivity contribution in [2.75, 3.05) is 32.8 Å².